The molecule has 0 saturated carbocycles. The van der Waals surface area contributed by atoms with Gasteiger partial charge in [-0.3, -0.25) is 19.2 Å². The van der Waals surface area contributed by atoms with Gasteiger partial charge in [-0.25, -0.2) is 0 Å². The van der Waals surface area contributed by atoms with Crippen LogP contribution in [-0.2, 0) is 10.8 Å². The Bertz CT molecular complexity index is 2880. The number of ketones is 4. The van der Waals surface area contributed by atoms with Gasteiger partial charge in [0.25, 0.3) is 0 Å². The summed E-state index contributed by atoms with van der Waals surface area (Å²) in [5.74, 6) is -0.869. The lowest BCUT2D eigenvalue weighted by atomic mass is 9.79. The zero-order valence-electron chi connectivity index (χ0n) is 30.6. The van der Waals surface area contributed by atoms with Crippen LogP contribution in [0, 0.1) is 0 Å². The molecule has 7 aromatic rings. The number of allylic oxidation sites excluding steroid dienone is 6. The first-order valence-corrected chi connectivity index (χ1v) is 19.4. The summed E-state index contributed by atoms with van der Waals surface area (Å²) in [7, 11) is 0. The summed E-state index contributed by atoms with van der Waals surface area (Å²) in [5, 5.41) is 6.10. The number of carbonyl (C=O) groups excluding carboxylic acids is 4. The Hall–Kier alpha value is -6.30. The molecule has 0 N–H and O–H groups in total. The zero-order valence-corrected chi connectivity index (χ0v) is 31.4. The Balaban J connectivity index is 0.953. The van der Waals surface area contributed by atoms with Gasteiger partial charge in [0.15, 0.2) is 23.1 Å². The van der Waals surface area contributed by atoms with Gasteiger partial charge in [-0.2, -0.15) is 0 Å². The SMILES string of the molecule is CC1(C)C(C=C2C(=O)c3cc4ccccc4cc3C2=O)=Cc2cc3sc4cc5c(cc4c3cc21)C(C)(C)C(C=C1C(=O)c2cc3ccccc3cc2C1=O)=C5. The van der Waals surface area contributed by atoms with E-state index in [1.165, 1.54) is 9.40 Å². The summed E-state index contributed by atoms with van der Waals surface area (Å²) in [6.45, 7) is 8.63. The Morgan fingerprint density at radius 3 is 1.11 bits per heavy atom. The molecule has 4 nitrogen and oxygen atoms in total. The first-order valence-electron chi connectivity index (χ1n) is 18.6. The minimum absolute atomic E-state index is 0.217. The lowest BCUT2D eigenvalue weighted by Gasteiger charge is -2.24. The summed E-state index contributed by atoms with van der Waals surface area (Å²) in [6.07, 6.45) is 7.90. The van der Waals surface area contributed by atoms with Gasteiger partial charge in [-0.15, -0.1) is 11.3 Å². The van der Waals surface area contributed by atoms with Crippen LogP contribution >= 0.6 is 11.3 Å². The highest BCUT2D eigenvalue weighted by molar-refractivity contribution is 7.25. The smallest absolute Gasteiger partial charge is 0.197 e. The van der Waals surface area contributed by atoms with Crippen LogP contribution in [0.25, 0.3) is 53.9 Å². The number of hydrogen-bond acceptors (Lipinski definition) is 5. The molecular formula is C50H32O4S. The second-order valence-corrected chi connectivity index (χ2v) is 17.4. The van der Waals surface area contributed by atoms with Crippen molar-refractivity contribution in [3.63, 3.8) is 0 Å². The van der Waals surface area contributed by atoms with Crippen LogP contribution in [-0.4, -0.2) is 23.1 Å². The number of carbonyl (C=O) groups is 4. The summed E-state index contributed by atoms with van der Waals surface area (Å²) in [4.78, 5) is 54.6. The van der Waals surface area contributed by atoms with Gasteiger partial charge in [0.2, 0.25) is 0 Å². The third-order valence-electron chi connectivity index (χ3n) is 12.6. The predicted octanol–water partition coefficient (Wildman–Crippen LogP) is 11.7. The van der Waals surface area contributed by atoms with Crippen molar-refractivity contribution >= 4 is 88.3 Å². The van der Waals surface area contributed by atoms with Crippen LogP contribution in [0.1, 0.15) is 91.4 Å². The number of thiophene rings is 1. The lowest BCUT2D eigenvalue weighted by Crippen LogP contribution is -2.17. The highest BCUT2D eigenvalue weighted by atomic mass is 32.1. The third-order valence-corrected chi connectivity index (χ3v) is 13.7. The van der Waals surface area contributed by atoms with E-state index in [1.807, 2.05) is 84.9 Å². The molecule has 0 unspecified atom stereocenters. The van der Waals surface area contributed by atoms with Crippen molar-refractivity contribution in [3.05, 3.63) is 176 Å². The maximum atomic E-state index is 13.7. The third kappa shape index (κ3) is 4.33. The quantitative estimate of drug-likeness (QED) is 0.131. The fraction of sp³-hybridized carbons (Fsp3) is 0.120. The second-order valence-electron chi connectivity index (χ2n) is 16.3. The van der Waals surface area contributed by atoms with Crippen molar-refractivity contribution in [1.82, 2.24) is 0 Å². The number of benzene rings is 6. The number of hydrogen-bond donors (Lipinski definition) is 0. The zero-order chi connectivity index (χ0) is 37.7. The maximum Gasteiger partial charge on any atom is 0.197 e. The van der Waals surface area contributed by atoms with Crippen LogP contribution in [0.15, 0.2) is 132 Å². The highest BCUT2D eigenvalue weighted by Crippen LogP contribution is 2.50. The van der Waals surface area contributed by atoms with Gasteiger partial charge in [0.05, 0.1) is 11.1 Å². The van der Waals surface area contributed by atoms with Gasteiger partial charge < -0.3 is 0 Å². The molecule has 0 radical (unpaired) electrons. The largest absolute Gasteiger partial charge is 0.288 e. The van der Waals surface area contributed by atoms with Crippen molar-refractivity contribution in [2.24, 2.45) is 0 Å². The Morgan fingerprint density at radius 1 is 0.455 bits per heavy atom. The first kappa shape index (κ1) is 32.2. The Labute approximate surface area is 320 Å². The van der Waals surface area contributed by atoms with Gasteiger partial charge in [0, 0.05) is 53.3 Å². The highest BCUT2D eigenvalue weighted by Gasteiger charge is 2.40. The normalized spacial score (nSPS) is 17.7. The molecule has 4 aliphatic rings. The summed E-state index contributed by atoms with van der Waals surface area (Å²) in [5.41, 5.74) is 7.83. The predicted molar refractivity (Wildman–Crippen MR) is 223 cm³/mol. The van der Waals surface area contributed by atoms with E-state index in [9.17, 15) is 19.2 Å². The van der Waals surface area contributed by atoms with E-state index in [2.05, 4.69) is 64.1 Å². The molecule has 0 aliphatic heterocycles. The van der Waals surface area contributed by atoms with Gasteiger partial charge in [0.1, 0.15) is 0 Å². The van der Waals surface area contributed by atoms with Gasteiger partial charge >= 0.3 is 0 Å². The van der Waals surface area contributed by atoms with Crippen molar-refractivity contribution in [3.8, 4) is 0 Å². The van der Waals surface area contributed by atoms with Crippen molar-refractivity contribution < 1.29 is 19.2 Å². The van der Waals surface area contributed by atoms with E-state index >= 15 is 0 Å². The minimum atomic E-state index is -0.439. The van der Waals surface area contributed by atoms with Gasteiger partial charge in [-0.05, 0) is 116 Å². The molecule has 0 atom stereocenters. The molecule has 4 aliphatic carbocycles. The fourth-order valence-corrected chi connectivity index (χ4v) is 10.4. The molecule has 55 heavy (non-hydrogen) atoms. The van der Waals surface area contributed by atoms with Crippen molar-refractivity contribution in [2.75, 3.05) is 0 Å². The molecule has 0 fully saturated rings. The summed E-state index contributed by atoms with van der Waals surface area (Å²) in [6, 6.07) is 32.0. The molecule has 0 bridgehead atoms. The van der Waals surface area contributed by atoms with Crippen LogP contribution < -0.4 is 0 Å². The van der Waals surface area contributed by atoms with Gasteiger partial charge in [-0.1, -0.05) is 88.4 Å². The average Bonchev–Trinajstić information content (AvgIpc) is 3.86. The Morgan fingerprint density at radius 2 is 0.782 bits per heavy atom. The van der Waals surface area contributed by atoms with E-state index in [4.69, 9.17) is 0 Å². The molecule has 1 aromatic heterocycles. The molecule has 5 heteroatoms. The number of rotatable bonds is 2. The second kappa shape index (κ2) is 10.7. The molecule has 0 saturated heterocycles. The van der Waals surface area contributed by atoms with Crippen LogP contribution in [0.3, 0.4) is 0 Å². The summed E-state index contributed by atoms with van der Waals surface area (Å²) >= 11 is 1.74. The average molecular weight is 729 g/mol. The molecular weight excluding hydrogens is 697 g/mol. The molecule has 6 aromatic carbocycles. The standard InChI is InChI=1S/C50H32O4S/c1-49(2)31(21-39-45(51)35-15-25-9-5-6-10-26(25)16-36(35)46(39)52)13-29-19-43-33(23-41(29)49)34-24-42-30(20-44(34)55-43)14-32(50(42,3)4)22-40-47(53)37-17-27-11-7-8-12-28(27)18-38(37)48(40)54/h5-24H,1-4H3. The number of Topliss-reactive ketones (excluding diaryl/α,β-unsaturated/α-hetero) is 4. The monoisotopic (exact) mass is 728 g/mol. The molecule has 0 amide bonds. The van der Waals surface area contributed by atoms with Crippen LogP contribution in [0.5, 0.6) is 0 Å². The molecule has 1 heterocycles. The molecule has 11 rings (SSSR count). The van der Waals surface area contributed by atoms with E-state index in [1.54, 1.807) is 11.3 Å². The van der Waals surface area contributed by atoms with Crippen LogP contribution in [0.2, 0.25) is 0 Å². The molecule has 262 valence electrons. The number of fused-ring (bicyclic) bond motifs is 9. The van der Waals surface area contributed by atoms with Crippen molar-refractivity contribution in [1.29, 1.82) is 0 Å². The fourth-order valence-electron chi connectivity index (χ4n) is 9.26. The van der Waals surface area contributed by atoms with E-state index in [0.29, 0.717) is 22.3 Å². The Kier molecular flexibility index (Phi) is 6.24. The van der Waals surface area contributed by atoms with E-state index in [0.717, 1.165) is 65.7 Å². The maximum absolute atomic E-state index is 13.7. The van der Waals surface area contributed by atoms with Crippen molar-refractivity contribution in [2.45, 2.75) is 38.5 Å². The minimum Gasteiger partial charge on any atom is -0.288 e. The summed E-state index contributed by atoms with van der Waals surface area (Å²) < 4.78 is 2.34. The lowest BCUT2D eigenvalue weighted by molar-refractivity contribution is 0.0973. The first-order chi connectivity index (χ1) is 26.4. The topological polar surface area (TPSA) is 68.3 Å². The molecule has 0 spiro atoms. The van der Waals surface area contributed by atoms with E-state index in [-0.39, 0.29) is 34.3 Å². The van der Waals surface area contributed by atoms with Crippen LogP contribution in [0.4, 0.5) is 0 Å². The van der Waals surface area contributed by atoms with E-state index < -0.39 is 10.8 Å².